The van der Waals surface area contributed by atoms with Crippen LogP contribution in [0.4, 0.5) is 16.2 Å². The number of imide groups is 1. The predicted octanol–water partition coefficient (Wildman–Crippen LogP) is 2.72. The molecule has 3 aliphatic rings. The zero-order valence-electron chi connectivity index (χ0n) is 18.7. The highest BCUT2D eigenvalue weighted by molar-refractivity contribution is 6.10. The van der Waals surface area contributed by atoms with Gasteiger partial charge in [-0.05, 0) is 51.3 Å². The van der Waals surface area contributed by atoms with E-state index < -0.39 is 23.5 Å². The Hall–Kier alpha value is -2.94. The van der Waals surface area contributed by atoms with Gasteiger partial charge < -0.3 is 19.7 Å². The maximum atomic E-state index is 12.9. The number of morpholine rings is 1. The first-order valence-electron chi connectivity index (χ1n) is 11.0. The predicted molar refractivity (Wildman–Crippen MR) is 117 cm³/mol. The first-order valence-corrected chi connectivity index (χ1v) is 11.0. The number of Topliss-reactive ketones (excluding diaryl/α,β-unsaturated/α-hetero) is 1. The Morgan fingerprint density at radius 3 is 2.47 bits per heavy atom. The summed E-state index contributed by atoms with van der Waals surface area (Å²) in [6.07, 6.45) is 0.813. The van der Waals surface area contributed by atoms with Crippen molar-refractivity contribution in [3.8, 4) is 0 Å². The number of amides is 3. The van der Waals surface area contributed by atoms with E-state index in [-0.39, 0.29) is 24.7 Å². The summed E-state index contributed by atoms with van der Waals surface area (Å²) in [7, 11) is 0. The average Bonchev–Trinajstić information content (AvgIpc) is 3.52. The van der Waals surface area contributed by atoms with Crippen LogP contribution in [0.3, 0.4) is 0 Å². The van der Waals surface area contributed by atoms with E-state index in [1.165, 1.54) is 0 Å². The Morgan fingerprint density at radius 1 is 1.16 bits per heavy atom. The van der Waals surface area contributed by atoms with Gasteiger partial charge in [-0.2, -0.15) is 0 Å². The number of rotatable bonds is 5. The molecule has 172 valence electrons. The maximum absolute atomic E-state index is 12.9. The third-order valence-electron chi connectivity index (χ3n) is 5.63. The molecule has 0 spiro atoms. The van der Waals surface area contributed by atoms with Crippen molar-refractivity contribution in [3.05, 3.63) is 23.3 Å². The number of benzene rings is 1. The molecule has 0 unspecified atom stereocenters. The van der Waals surface area contributed by atoms with Gasteiger partial charge >= 0.3 is 6.09 Å². The number of ether oxygens (including phenoxy) is 2. The number of ketones is 1. The Morgan fingerprint density at radius 2 is 1.84 bits per heavy atom. The number of nitrogens with one attached hydrogen (secondary N) is 1. The molecule has 0 aromatic heterocycles. The van der Waals surface area contributed by atoms with E-state index in [1.807, 2.05) is 6.07 Å². The summed E-state index contributed by atoms with van der Waals surface area (Å²) >= 11 is 0. The van der Waals surface area contributed by atoms with Gasteiger partial charge in [0.2, 0.25) is 5.91 Å². The van der Waals surface area contributed by atoms with Crippen molar-refractivity contribution in [1.29, 1.82) is 0 Å². The molecular weight excluding hydrogens is 414 g/mol. The Balaban J connectivity index is 1.60. The third kappa shape index (κ3) is 4.93. The summed E-state index contributed by atoms with van der Waals surface area (Å²) in [5.41, 5.74) is 1.51. The van der Waals surface area contributed by atoms with Crippen molar-refractivity contribution in [3.63, 3.8) is 0 Å². The number of anilines is 2. The van der Waals surface area contributed by atoms with Crippen LogP contribution in [0, 0.1) is 5.92 Å². The van der Waals surface area contributed by atoms with Crippen LogP contribution < -0.4 is 10.2 Å². The number of hydrogen-bond acceptors (Lipinski definition) is 7. The van der Waals surface area contributed by atoms with E-state index in [0.29, 0.717) is 43.1 Å². The molecule has 9 nitrogen and oxygen atoms in total. The number of fused-ring (bicyclic) bond motifs is 1. The molecule has 9 heteroatoms. The van der Waals surface area contributed by atoms with Crippen LogP contribution in [0.5, 0.6) is 0 Å². The van der Waals surface area contributed by atoms with E-state index >= 15 is 0 Å². The molecule has 1 aliphatic carbocycles. The van der Waals surface area contributed by atoms with Gasteiger partial charge in [-0.3, -0.25) is 14.4 Å². The van der Waals surface area contributed by atoms with Gasteiger partial charge in [0.05, 0.1) is 37.6 Å². The van der Waals surface area contributed by atoms with Crippen LogP contribution in [-0.2, 0) is 25.6 Å². The fourth-order valence-corrected chi connectivity index (χ4v) is 3.88. The largest absolute Gasteiger partial charge is 0.443 e. The first-order chi connectivity index (χ1) is 15.1. The van der Waals surface area contributed by atoms with Crippen molar-refractivity contribution >= 4 is 35.1 Å². The average molecular weight is 444 g/mol. The van der Waals surface area contributed by atoms with Gasteiger partial charge in [0.15, 0.2) is 0 Å². The van der Waals surface area contributed by atoms with E-state index in [2.05, 4.69) is 10.2 Å². The second kappa shape index (κ2) is 8.54. The van der Waals surface area contributed by atoms with Crippen molar-refractivity contribution in [2.24, 2.45) is 5.92 Å². The molecule has 0 atom stereocenters. The topological polar surface area (TPSA) is 105 Å². The summed E-state index contributed by atoms with van der Waals surface area (Å²) in [4.78, 5) is 53.2. The van der Waals surface area contributed by atoms with Crippen molar-refractivity contribution in [2.75, 3.05) is 36.5 Å². The number of carbonyl (C=O) groups is 4. The second-order valence-corrected chi connectivity index (χ2v) is 9.46. The molecule has 1 saturated heterocycles. The molecular formula is C23H29N3O6. The molecule has 4 rings (SSSR count). The third-order valence-corrected chi connectivity index (χ3v) is 5.63. The normalized spacial score (nSPS) is 18.4. The van der Waals surface area contributed by atoms with E-state index in [1.54, 1.807) is 26.8 Å². The van der Waals surface area contributed by atoms with Gasteiger partial charge in [-0.25, -0.2) is 9.69 Å². The molecule has 0 radical (unpaired) electrons. The highest BCUT2D eigenvalue weighted by Crippen LogP contribution is 2.36. The number of carbonyl (C=O) groups excluding carboxylic acids is 4. The molecule has 0 bridgehead atoms. The Kier molecular flexibility index (Phi) is 5.94. The molecule has 1 N–H and O–H groups in total. The van der Waals surface area contributed by atoms with Gasteiger partial charge in [-0.15, -0.1) is 0 Å². The fraction of sp³-hybridized carbons (Fsp3) is 0.565. The number of nitrogens with zero attached hydrogens (tertiary/aromatic N) is 2. The molecule has 2 heterocycles. The molecule has 2 fully saturated rings. The highest BCUT2D eigenvalue weighted by Gasteiger charge is 2.37. The minimum atomic E-state index is -0.724. The van der Waals surface area contributed by atoms with Crippen molar-refractivity contribution < 1.29 is 28.7 Å². The highest BCUT2D eigenvalue weighted by atomic mass is 16.6. The molecule has 1 aromatic carbocycles. The standard InChI is InChI=1S/C23H29N3O6/c1-23(2,3)32-22(30)26-13-15-10-18(25-6-8-31-9-7-25)17(11-16(15)21(26)29)24-20(28)12-19(27)14-4-5-14/h10-11,14H,4-9,12-13H2,1-3H3,(H,24,28). The molecule has 32 heavy (non-hydrogen) atoms. The monoisotopic (exact) mass is 443 g/mol. The summed E-state index contributed by atoms with van der Waals surface area (Å²) in [5, 5.41) is 2.82. The fourth-order valence-electron chi connectivity index (χ4n) is 3.88. The van der Waals surface area contributed by atoms with Crippen LogP contribution in [-0.4, -0.2) is 60.5 Å². The summed E-state index contributed by atoms with van der Waals surface area (Å²) in [5.74, 6) is -0.912. The lowest BCUT2D eigenvalue weighted by atomic mass is 10.1. The lowest BCUT2D eigenvalue weighted by Crippen LogP contribution is -2.37. The molecule has 1 saturated carbocycles. The van der Waals surface area contributed by atoms with Crippen molar-refractivity contribution in [1.82, 2.24) is 4.90 Å². The zero-order chi connectivity index (χ0) is 23.0. The SMILES string of the molecule is CC(C)(C)OC(=O)N1Cc2cc(N3CCOCC3)c(NC(=O)CC(=O)C3CC3)cc2C1=O. The smallest absolute Gasteiger partial charge is 0.417 e. The van der Waals surface area contributed by atoms with Crippen LogP contribution in [0.1, 0.15) is 56.0 Å². The van der Waals surface area contributed by atoms with Gasteiger partial charge in [0.1, 0.15) is 11.4 Å². The van der Waals surface area contributed by atoms with Gasteiger partial charge in [-0.1, -0.05) is 0 Å². The first kappa shape index (κ1) is 22.3. The van der Waals surface area contributed by atoms with Gasteiger partial charge in [0.25, 0.3) is 5.91 Å². The summed E-state index contributed by atoms with van der Waals surface area (Å²) < 4.78 is 10.8. The van der Waals surface area contributed by atoms with Gasteiger partial charge in [0, 0.05) is 24.6 Å². The van der Waals surface area contributed by atoms with E-state index in [0.717, 1.165) is 23.4 Å². The van der Waals surface area contributed by atoms with Crippen LogP contribution in [0.15, 0.2) is 12.1 Å². The maximum Gasteiger partial charge on any atom is 0.417 e. The van der Waals surface area contributed by atoms with Crippen LogP contribution in [0.2, 0.25) is 0 Å². The lowest BCUT2D eigenvalue weighted by Gasteiger charge is -2.31. The summed E-state index contributed by atoms with van der Waals surface area (Å²) in [6, 6.07) is 3.44. The molecule has 1 aromatic rings. The number of hydrogen-bond donors (Lipinski definition) is 1. The van der Waals surface area contributed by atoms with E-state index in [4.69, 9.17) is 9.47 Å². The lowest BCUT2D eigenvalue weighted by molar-refractivity contribution is -0.126. The van der Waals surface area contributed by atoms with E-state index in [9.17, 15) is 19.2 Å². The zero-order valence-corrected chi connectivity index (χ0v) is 18.7. The second-order valence-electron chi connectivity index (χ2n) is 9.46. The molecule has 2 aliphatic heterocycles. The molecule has 3 amide bonds. The summed E-state index contributed by atoms with van der Waals surface area (Å²) in [6.45, 7) is 7.69. The minimum absolute atomic E-state index is 0.00319. The van der Waals surface area contributed by atoms with Crippen LogP contribution >= 0.6 is 0 Å². The quantitative estimate of drug-likeness (QED) is 0.698. The van der Waals surface area contributed by atoms with Crippen molar-refractivity contribution in [2.45, 2.75) is 52.2 Å². The van der Waals surface area contributed by atoms with Crippen LogP contribution in [0.25, 0.3) is 0 Å². The Labute approximate surface area is 187 Å². The Bertz CT molecular complexity index is 957. The minimum Gasteiger partial charge on any atom is -0.443 e.